The molecule has 0 unspecified atom stereocenters. The SMILES string of the molecule is C[C@H](NC(=O)[C@@H](N)CCCNC(=O)C(F)(F)[C@]1(O)O[C@H](CO)[C@H](O)[C@H](O)[C@H]1O)C(=O)O. The lowest BCUT2D eigenvalue weighted by atomic mass is 9.88. The van der Waals surface area contributed by atoms with E-state index in [1.807, 2.05) is 0 Å². The van der Waals surface area contributed by atoms with Crippen molar-refractivity contribution in [2.75, 3.05) is 13.2 Å². The molecule has 2 amide bonds. The van der Waals surface area contributed by atoms with E-state index in [1.54, 1.807) is 5.32 Å². The van der Waals surface area contributed by atoms with Gasteiger partial charge in [0.05, 0.1) is 12.6 Å². The summed E-state index contributed by atoms with van der Waals surface area (Å²) in [4.78, 5) is 34.3. The fourth-order valence-electron chi connectivity index (χ4n) is 2.72. The van der Waals surface area contributed by atoms with E-state index >= 15 is 0 Å². The number of halogens is 2. The van der Waals surface area contributed by atoms with E-state index in [0.29, 0.717) is 0 Å². The monoisotopic (exact) mass is 459 g/mol. The molecule has 15 heteroatoms. The van der Waals surface area contributed by atoms with Crippen LogP contribution in [0.1, 0.15) is 19.8 Å². The normalized spacial score (nSPS) is 30.9. The third-order valence-electron chi connectivity index (χ3n) is 4.74. The first-order valence-electron chi connectivity index (χ1n) is 9.20. The van der Waals surface area contributed by atoms with E-state index < -0.39 is 79.1 Å². The fraction of sp³-hybridized carbons (Fsp3) is 0.812. The van der Waals surface area contributed by atoms with Crippen molar-refractivity contribution in [2.24, 2.45) is 5.73 Å². The van der Waals surface area contributed by atoms with Crippen LogP contribution in [0.5, 0.6) is 0 Å². The molecule has 1 heterocycles. The number of hydrogen-bond donors (Lipinski definition) is 9. The molecule has 0 spiro atoms. The lowest BCUT2D eigenvalue weighted by Gasteiger charge is -2.47. The number of carbonyl (C=O) groups is 3. The quantitative estimate of drug-likeness (QED) is 0.141. The number of rotatable bonds is 10. The molecule has 0 radical (unpaired) electrons. The van der Waals surface area contributed by atoms with Gasteiger partial charge in [-0.3, -0.25) is 14.4 Å². The van der Waals surface area contributed by atoms with Gasteiger partial charge in [-0.15, -0.1) is 0 Å². The highest BCUT2D eigenvalue weighted by Gasteiger charge is 2.69. The number of nitrogens with one attached hydrogen (secondary N) is 2. The van der Waals surface area contributed by atoms with Gasteiger partial charge in [-0.25, -0.2) is 0 Å². The largest absolute Gasteiger partial charge is 0.480 e. The van der Waals surface area contributed by atoms with Crippen molar-refractivity contribution >= 4 is 17.8 Å². The number of alkyl halides is 2. The number of carboxylic acid groups (broad SMARTS) is 1. The van der Waals surface area contributed by atoms with Gasteiger partial charge in [0.15, 0.2) is 0 Å². The smallest absolute Gasteiger partial charge is 0.379 e. The van der Waals surface area contributed by atoms with Gasteiger partial charge in [-0.05, 0) is 19.8 Å². The van der Waals surface area contributed by atoms with Crippen LogP contribution in [0.4, 0.5) is 8.78 Å². The maximum absolute atomic E-state index is 14.5. The summed E-state index contributed by atoms with van der Waals surface area (Å²) in [6.07, 6.45) is -9.27. The molecular formula is C16H27F2N3O10. The zero-order valence-electron chi connectivity index (χ0n) is 16.4. The Kier molecular flexibility index (Phi) is 9.19. The van der Waals surface area contributed by atoms with E-state index in [0.717, 1.165) is 0 Å². The first-order valence-corrected chi connectivity index (χ1v) is 9.20. The Morgan fingerprint density at radius 1 is 1.23 bits per heavy atom. The van der Waals surface area contributed by atoms with Gasteiger partial charge < -0.3 is 51.7 Å². The van der Waals surface area contributed by atoms with Crippen molar-refractivity contribution in [1.82, 2.24) is 10.6 Å². The third kappa shape index (κ3) is 5.82. The van der Waals surface area contributed by atoms with Gasteiger partial charge in [0.25, 0.3) is 11.7 Å². The second-order valence-corrected chi connectivity index (χ2v) is 7.11. The second kappa shape index (κ2) is 10.5. The molecule has 10 N–H and O–H groups in total. The average Bonchev–Trinajstić information content (AvgIpc) is 2.71. The summed E-state index contributed by atoms with van der Waals surface area (Å²) in [5, 5.41) is 60.7. The van der Waals surface area contributed by atoms with Crippen LogP contribution in [0.15, 0.2) is 0 Å². The molecule has 1 fully saturated rings. The number of amides is 2. The van der Waals surface area contributed by atoms with Crippen molar-refractivity contribution in [3.8, 4) is 0 Å². The molecule has 1 aliphatic heterocycles. The van der Waals surface area contributed by atoms with Gasteiger partial charge in [0, 0.05) is 6.54 Å². The maximum Gasteiger partial charge on any atom is 0.379 e. The Hall–Kier alpha value is -2.01. The lowest BCUT2D eigenvalue weighted by Crippen LogP contribution is -2.73. The zero-order valence-corrected chi connectivity index (χ0v) is 16.4. The molecule has 0 aromatic carbocycles. The van der Waals surface area contributed by atoms with Crippen molar-refractivity contribution in [3.05, 3.63) is 0 Å². The van der Waals surface area contributed by atoms with E-state index in [-0.39, 0.29) is 12.8 Å². The second-order valence-electron chi connectivity index (χ2n) is 7.11. The molecule has 1 aliphatic rings. The first-order chi connectivity index (χ1) is 14.2. The van der Waals surface area contributed by atoms with E-state index in [9.17, 15) is 43.6 Å². The van der Waals surface area contributed by atoms with E-state index in [4.69, 9.17) is 15.9 Å². The summed E-state index contributed by atoms with van der Waals surface area (Å²) in [5.41, 5.74) is 5.55. The highest BCUT2D eigenvalue weighted by atomic mass is 19.3. The van der Waals surface area contributed by atoms with Crippen LogP contribution in [-0.4, -0.2) is 110 Å². The van der Waals surface area contributed by atoms with Crippen molar-refractivity contribution in [1.29, 1.82) is 0 Å². The van der Waals surface area contributed by atoms with Crippen LogP contribution in [-0.2, 0) is 19.1 Å². The van der Waals surface area contributed by atoms with Crippen molar-refractivity contribution in [3.63, 3.8) is 0 Å². The number of nitrogens with two attached hydrogens (primary N) is 1. The van der Waals surface area contributed by atoms with Crippen LogP contribution in [0.25, 0.3) is 0 Å². The van der Waals surface area contributed by atoms with Crippen LogP contribution in [0.2, 0.25) is 0 Å². The zero-order chi connectivity index (χ0) is 24.1. The molecule has 0 aromatic rings. The average molecular weight is 459 g/mol. The van der Waals surface area contributed by atoms with E-state index in [1.165, 1.54) is 6.92 Å². The fourth-order valence-corrected chi connectivity index (χ4v) is 2.72. The number of aliphatic hydroxyl groups is 5. The summed E-state index contributed by atoms with van der Waals surface area (Å²) < 4.78 is 33.5. The number of hydrogen-bond acceptors (Lipinski definition) is 10. The summed E-state index contributed by atoms with van der Waals surface area (Å²) in [7, 11) is 0. The molecule has 0 bridgehead atoms. The molecule has 13 nitrogen and oxygen atoms in total. The Morgan fingerprint density at radius 2 is 1.81 bits per heavy atom. The minimum absolute atomic E-state index is 0.0969. The molecule has 0 saturated carbocycles. The highest BCUT2D eigenvalue weighted by molar-refractivity contribution is 5.86. The number of carbonyl (C=O) groups excluding carboxylic acids is 2. The van der Waals surface area contributed by atoms with Crippen LogP contribution < -0.4 is 16.4 Å². The molecule has 1 saturated heterocycles. The van der Waals surface area contributed by atoms with Crippen LogP contribution >= 0.6 is 0 Å². The number of aliphatic carboxylic acids is 1. The summed E-state index contributed by atoms with van der Waals surface area (Å²) in [6.45, 7) is -0.352. The molecule has 31 heavy (non-hydrogen) atoms. The number of aliphatic hydroxyl groups excluding tert-OH is 4. The van der Waals surface area contributed by atoms with Gasteiger partial charge in [0.2, 0.25) is 5.91 Å². The van der Waals surface area contributed by atoms with Gasteiger partial charge in [-0.1, -0.05) is 0 Å². The van der Waals surface area contributed by atoms with Crippen molar-refractivity contribution in [2.45, 2.75) is 68.0 Å². The maximum atomic E-state index is 14.5. The van der Waals surface area contributed by atoms with Crippen LogP contribution in [0.3, 0.4) is 0 Å². The third-order valence-corrected chi connectivity index (χ3v) is 4.74. The molecular weight excluding hydrogens is 432 g/mol. The Morgan fingerprint density at radius 3 is 2.32 bits per heavy atom. The molecule has 1 rings (SSSR count). The predicted octanol–water partition coefficient (Wildman–Crippen LogP) is -4.40. The molecule has 7 atom stereocenters. The number of ether oxygens (including phenoxy) is 1. The Bertz CT molecular complexity index is 668. The first kappa shape index (κ1) is 27.0. The van der Waals surface area contributed by atoms with Gasteiger partial charge >= 0.3 is 11.9 Å². The summed E-state index contributed by atoms with van der Waals surface area (Å²) in [5.74, 6) is -13.0. The lowest BCUT2D eigenvalue weighted by molar-refractivity contribution is -0.401. The molecule has 180 valence electrons. The van der Waals surface area contributed by atoms with Gasteiger partial charge in [0.1, 0.15) is 30.5 Å². The number of carboxylic acids is 1. The van der Waals surface area contributed by atoms with Crippen molar-refractivity contribution < 1.29 is 58.5 Å². The van der Waals surface area contributed by atoms with E-state index in [2.05, 4.69) is 10.1 Å². The van der Waals surface area contributed by atoms with Gasteiger partial charge in [-0.2, -0.15) is 8.78 Å². The minimum atomic E-state index is -4.82. The molecule has 0 aliphatic carbocycles. The standard InChI is InChI=1S/C16H27F2N3O10/c1-6(13(27)28)21-12(26)7(19)3-2-4-20-14(29)15(17,18)16(30)11(25)10(24)9(23)8(5-22)31-16/h6-11,22-25,30H,2-5,19H2,1H3,(H,20,29)(H,21,26)(H,27,28)/t6-,7-,8+,9-,10-,11+,16+/m0/s1. The molecule has 0 aromatic heterocycles. The Labute approximate surface area is 174 Å². The summed E-state index contributed by atoms with van der Waals surface area (Å²) >= 11 is 0. The minimum Gasteiger partial charge on any atom is -0.480 e. The highest BCUT2D eigenvalue weighted by Crippen LogP contribution is 2.39. The van der Waals surface area contributed by atoms with Crippen LogP contribution in [0, 0.1) is 0 Å². The predicted molar refractivity (Wildman–Crippen MR) is 95.3 cm³/mol. The summed E-state index contributed by atoms with van der Waals surface area (Å²) in [6, 6.07) is -2.38. The topological polar surface area (TPSA) is 232 Å². The Balaban J connectivity index is 2.66.